The molecule has 0 fully saturated rings. The SMILES string of the molecule is C=C(/C=C\C(=C)C(=O)OC(=C)/C=C\C(=C)C(=C)/C=C(/C)C(=C)O)CC(C)=O. The second kappa shape index (κ2) is 11.3. The topological polar surface area (TPSA) is 63.6 Å². The van der Waals surface area contributed by atoms with Crippen LogP contribution in [-0.2, 0) is 14.3 Å². The number of aliphatic hydroxyl groups is 1. The number of rotatable bonds is 11. The van der Waals surface area contributed by atoms with Gasteiger partial charge in [0, 0.05) is 6.42 Å². The first-order valence-corrected chi connectivity index (χ1v) is 8.02. The van der Waals surface area contributed by atoms with Gasteiger partial charge in [-0.2, -0.15) is 0 Å². The number of esters is 1. The molecule has 4 nitrogen and oxygen atoms in total. The lowest BCUT2D eigenvalue weighted by Gasteiger charge is -2.05. The number of ether oxygens (including phenoxy) is 1. The maximum absolute atomic E-state index is 11.9. The third-order valence-electron chi connectivity index (χ3n) is 3.21. The summed E-state index contributed by atoms with van der Waals surface area (Å²) >= 11 is 0. The van der Waals surface area contributed by atoms with E-state index in [1.807, 2.05) is 0 Å². The average Bonchev–Trinajstić information content (AvgIpc) is 2.56. The van der Waals surface area contributed by atoms with Gasteiger partial charge in [0.1, 0.15) is 17.3 Å². The lowest BCUT2D eigenvalue weighted by Crippen LogP contribution is -2.04. The Bertz CT molecular complexity index is 798. The van der Waals surface area contributed by atoms with Gasteiger partial charge >= 0.3 is 5.97 Å². The van der Waals surface area contributed by atoms with Crippen molar-refractivity contribution in [2.24, 2.45) is 0 Å². The number of aliphatic hydroxyl groups excluding tert-OH is 1. The van der Waals surface area contributed by atoms with Crippen molar-refractivity contribution in [2.45, 2.75) is 20.3 Å². The maximum Gasteiger partial charge on any atom is 0.342 e. The van der Waals surface area contributed by atoms with Gasteiger partial charge < -0.3 is 9.84 Å². The molecule has 142 valence electrons. The summed E-state index contributed by atoms with van der Waals surface area (Å²) in [5.41, 5.74) is 2.34. The molecule has 0 aromatic rings. The van der Waals surface area contributed by atoms with E-state index in [1.165, 1.54) is 19.1 Å². The van der Waals surface area contributed by atoms with Gasteiger partial charge in [0.05, 0.1) is 5.57 Å². The molecule has 27 heavy (non-hydrogen) atoms. The molecule has 0 aliphatic rings. The molecule has 0 amide bonds. The predicted molar refractivity (Wildman–Crippen MR) is 111 cm³/mol. The Hall–Kier alpha value is -3.40. The van der Waals surface area contributed by atoms with Gasteiger partial charge in [0.2, 0.25) is 0 Å². The Balaban J connectivity index is 4.72. The highest BCUT2D eigenvalue weighted by Gasteiger charge is 2.07. The van der Waals surface area contributed by atoms with Crippen LogP contribution in [0.5, 0.6) is 0 Å². The van der Waals surface area contributed by atoms with Crippen LogP contribution < -0.4 is 0 Å². The van der Waals surface area contributed by atoms with Crippen LogP contribution in [0.3, 0.4) is 0 Å². The van der Waals surface area contributed by atoms with Gasteiger partial charge in [0.25, 0.3) is 0 Å². The van der Waals surface area contributed by atoms with Crippen LogP contribution in [0.15, 0.2) is 109 Å². The molecule has 0 saturated carbocycles. The smallest absolute Gasteiger partial charge is 0.342 e. The van der Waals surface area contributed by atoms with Crippen LogP contribution in [0.4, 0.5) is 0 Å². The number of carbonyl (C=O) groups excluding carboxylic acids is 2. The highest BCUT2D eigenvalue weighted by molar-refractivity contribution is 5.91. The number of allylic oxidation sites excluding steroid dienone is 8. The van der Waals surface area contributed by atoms with Crippen LogP contribution in [0, 0.1) is 0 Å². The van der Waals surface area contributed by atoms with E-state index in [9.17, 15) is 14.7 Å². The number of Topliss-reactive ketones (excluding diaryl/α,β-unsaturated/α-hetero) is 1. The summed E-state index contributed by atoms with van der Waals surface area (Å²) in [5.74, 6) is -0.651. The molecule has 0 saturated heterocycles. The Morgan fingerprint density at radius 3 is 1.93 bits per heavy atom. The maximum atomic E-state index is 11.9. The Kier molecular flexibility index (Phi) is 9.84. The second-order valence-corrected chi connectivity index (χ2v) is 5.91. The predicted octanol–water partition coefficient (Wildman–Crippen LogP) is 5.38. The first-order chi connectivity index (χ1) is 12.4. The zero-order chi connectivity index (χ0) is 21.1. The molecule has 0 spiro atoms. The van der Waals surface area contributed by atoms with E-state index in [-0.39, 0.29) is 29.3 Å². The third-order valence-corrected chi connectivity index (χ3v) is 3.21. The van der Waals surface area contributed by atoms with E-state index in [0.29, 0.717) is 22.3 Å². The average molecular weight is 366 g/mol. The molecule has 0 aromatic heterocycles. The van der Waals surface area contributed by atoms with Crippen molar-refractivity contribution in [3.8, 4) is 0 Å². The number of carbonyl (C=O) groups is 2. The van der Waals surface area contributed by atoms with E-state index in [2.05, 4.69) is 39.5 Å². The van der Waals surface area contributed by atoms with E-state index in [4.69, 9.17) is 4.74 Å². The van der Waals surface area contributed by atoms with Gasteiger partial charge in [0.15, 0.2) is 0 Å². The molecular weight excluding hydrogens is 340 g/mol. The Labute approximate surface area is 161 Å². The normalized spacial score (nSPS) is 11.3. The van der Waals surface area contributed by atoms with Crippen molar-refractivity contribution in [2.75, 3.05) is 0 Å². The number of ketones is 1. The van der Waals surface area contributed by atoms with Crippen LogP contribution in [-0.4, -0.2) is 16.9 Å². The zero-order valence-corrected chi connectivity index (χ0v) is 16.0. The van der Waals surface area contributed by atoms with Gasteiger partial charge in [-0.15, -0.1) is 0 Å². The first-order valence-electron chi connectivity index (χ1n) is 8.02. The van der Waals surface area contributed by atoms with E-state index < -0.39 is 5.97 Å². The zero-order valence-electron chi connectivity index (χ0n) is 16.0. The Morgan fingerprint density at radius 1 is 0.852 bits per heavy atom. The molecule has 4 heteroatoms. The van der Waals surface area contributed by atoms with E-state index in [0.717, 1.165) is 0 Å². The minimum Gasteiger partial charge on any atom is -0.508 e. The van der Waals surface area contributed by atoms with Crippen molar-refractivity contribution < 1.29 is 19.4 Å². The standard InChI is InChI=1S/C23H26O4/c1-15(13-20(6)24)9-10-17(3)23(26)27-21(7)12-11-16(2)18(4)14-19(5)22(8)25/h9-12,14,25H,1-4,7-8,13H2,5-6H3/b10-9-,12-11-,19-14-. The molecule has 0 aromatic carbocycles. The van der Waals surface area contributed by atoms with Crippen LogP contribution in [0.1, 0.15) is 20.3 Å². The summed E-state index contributed by atoms with van der Waals surface area (Å²) in [5, 5.41) is 9.28. The minimum atomic E-state index is -0.673. The quantitative estimate of drug-likeness (QED) is 0.231. The highest BCUT2D eigenvalue weighted by atomic mass is 16.5. The highest BCUT2D eigenvalue weighted by Crippen LogP contribution is 2.15. The largest absolute Gasteiger partial charge is 0.508 e. The van der Waals surface area contributed by atoms with Crippen molar-refractivity contribution >= 4 is 11.8 Å². The molecule has 0 radical (unpaired) electrons. The van der Waals surface area contributed by atoms with Crippen molar-refractivity contribution in [3.05, 3.63) is 109 Å². The monoisotopic (exact) mass is 366 g/mol. The summed E-state index contributed by atoms with van der Waals surface area (Å²) in [7, 11) is 0. The molecule has 0 heterocycles. The fourth-order valence-corrected chi connectivity index (χ4v) is 1.62. The molecule has 0 unspecified atom stereocenters. The molecule has 0 aliphatic heterocycles. The molecule has 0 atom stereocenters. The minimum absolute atomic E-state index is 0.0217. The second-order valence-electron chi connectivity index (χ2n) is 5.91. The molecular formula is C23H26O4. The Morgan fingerprint density at radius 2 is 1.41 bits per heavy atom. The molecule has 0 aliphatic carbocycles. The van der Waals surface area contributed by atoms with Gasteiger partial charge in [-0.25, -0.2) is 4.79 Å². The number of hydrogen-bond acceptors (Lipinski definition) is 4. The molecule has 0 rings (SSSR count). The first kappa shape index (κ1) is 23.6. The van der Waals surface area contributed by atoms with Crippen LogP contribution in [0.2, 0.25) is 0 Å². The summed E-state index contributed by atoms with van der Waals surface area (Å²) in [6, 6.07) is 0. The number of hydrogen-bond donors (Lipinski definition) is 1. The molecule has 1 N–H and O–H groups in total. The lowest BCUT2D eigenvalue weighted by atomic mass is 10.1. The molecule has 0 bridgehead atoms. The van der Waals surface area contributed by atoms with E-state index in [1.54, 1.807) is 25.2 Å². The van der Waals surface area contributed by atoms with Crippen molar-refractivity contribution in [1.82, 2.24) is 0 Å². The van der Waals surface area contributed by atoms with Gasteiger partial charge in [-0.05, 0) is 54.4 Å². The summed E-state index contributed by atoms with van der Waals surface area (Å²) < 4.78 is 5.07. The summed E-state index contributed by atoms with van der Waals surface area (Å²) in [6.07, 6.45) is 7.85. The van der Waals surface area contributed by atoms with Gasteiger partial charge in [-0.1, -0.05) is 51.6 Å². The fourth-order valence-electron chi connectivity index (χ4n) is 1.62. The lowest BCUT2D eigenvalue weighted by molar-refractivity contribution is -0.134. The van der Waals surface area contributed by atoms with Crippen LogP contribution >= 0.6 is 0 Å². The van der Waals surface area contributed by atoms with Crippen molar-refractivity contribution in [3.63, 3.8) is 0 Å². The summed E-state index contributed by atoms with van der Waals surface area (Å²) in [4.78, 5) is 22.9. The van der Waals surface area contributed by atoms with Crippen molar-refractivity contribution in [1.29, 1.82) is 0 Å². The summed E-state index contributed by atoms with van der Waals surface area (Å²) in [6.45, 7) is 25.2. The van der Waals surface area contributed by atoms with Gasteiger partial charge in [-0.3, -0.25) is 4.79 Å². The third kappa shape index (κ3) is 10.2. The van der Waals surface area contributed by atoms with Crippen LogP contribution in [0.25, 0.3) is 0 Å². The van der Waals surface area contributed by atoms with E-state index >= 15 is 0 Å². The fraction of sp³-hybridized carbons (Fsp3) is 0.130.